The van der Waals surface area contributed by atoms with Gasteiger partial charge in [-0.1, -0.05) is 38.1 Å². The van der Waals surface area contributed by atoms with Crippen LogP contribution in [0.3, 0.4) is 0 Å². The van der Waals surface area contributed by atoms with Gasteiger partial charge in [0.15, 0.2) is 0 Å². The Bertz CT molecular complexity index is 1290. The molecule has 2 heterocycles. The summed E-state index contributed by atoms with van der Waals surface area (Å²) in [5.41, 5.74) is 4.81. The molecule has 0 spiro atoms. The van der Waals surface area contributed by atoms with Crippen molar-refractivity contribution in [1.29, 1.82) is 0 Å². The second kappa shape index (κ2) is 12.3. The van der Waals surface area contributed by atoms with Crippen molar-refractivity contribution in [2.45, 2.75) is 59.2 Å². The third-order valence-electron chi connectivity index (χ3n) is 6.28. The fraction of sp³-hybridized carbons (Fsp3) is 0.414. The van der Waals surface area contributed by atoms with Gasteiger partial charge in [-0.2, -0.15) is 0 Å². The third kappa shape index (κ3) is 7.40. The van der Waals surface area contributed by atoms with Crippen LogP contribution in [-0.4, -0.2) is 40.5 Å². The largest absolute Gasteiger partial charge is 0.481 e. The van der Waals surface area contributed by atoms with Crippen molar-refractivity contribution < 1.29 is 14.7 Å². The lowest BCUT2D eigenvalue weighted by Gasteiger charge is -2.25. The Morgan fingerprint density at radius 1 is 1.11 bits per heavy atom. The molecule has 1 aromatic carbocycles. The van der Waals surface area contributed by atoms with E-state index in [9.17, 15) is 19.5 Å². The molecule has 0 aliphatic heterocycles. The highest BCUT2D eigenvalue weighted by atomic mass is 32.1. The third-order valence-corrected chi connectivity index (χ3v) is 7.24. The average Bonchev–Trinajstić information content (AvgIpc) is 3.27. The van der Waals surface area contributed by atoms with Gasteiger partial charge in [0.25, 0.3) is 5.56 Å². The van der Waals surface area contributed by atoms with Crippen LogP contribution >= 0.6 is 11.3 Å². The number of carboxylic acids is 1. The number of hydrogen-bond donors (Lipinski definition) is 2. The number of thiophene rings is 1. The van der Waals surface area contributed by atoms with Crippen molar-refractivity contribution in [3.8, 4) is 10.4 Å². The Kier molecular flexibility index (Phi) is 9.45. The molecule has 0 fully saturated rings. The van der Waals surface area contributed by atoms with Crippen molar-refractivity contribution >= 4 is 23.2 Å². The SMILES string of the molecule is Cc1cccc(C)c1-c1cc(C(CC(=O)O)NC(=O)C(CC(C)C)n2cc(CN(C)C)ccc2=O)cs1. The maximum absolute atomic E-state index is 13.6. The number of amides is 1. The molecule has 0 aliphatic carbocycles. The molecular weight excluding hydrogens is 486 g/mol. The highest BCUT2D eigenvalue weighted by molar-refractivity contribution is 7.13. The van der Waals surface area contributed by atoms with Crippen molar-refractivity contribution in [2.75, 3.05) is 14.1 Å². The van der Waals surface area contributed by atoms with Crippen LogP contribution in [0.25, 0.3) is 10.4 Å². The maximum atomic E-state index is 13.6. The van der Waals surface area contributed by atoms with E-state index in [0.29, 0.717) is 13.0 Å². The molecule has 2 atom stereocenters. The molecule has 8 heteroatoms. The quantitative estimate of drug-likeness (QED) is 0.362. The standard InChI is InChI=1S/C29H37N3O4S/c1-18(2)12-24(32-16-21(15-31(5)6)10-11-26(32)33)29(36)30-23(14-27(34)35)22-13-25(37-17-22)28-19(3)8-7-9-20(28)4/h7-11,13,16-18,23-24H,12,14-15H2,1-6H3,(H,30,36)(H,34,35). The van der Waals surface area contributed by atoms with Gasteiger partial charge >= 0.3 is 5.97 Å². The number of benzene rings is 1. The molecule has 198 valence electrons. The lowest BCUT2D eigenvalue weighted by Crippen LogP contribution is -2.40. The second-order valence-electron chi connectivity index (χ2n) is 10.3. The zero-order valence-electron chi connectivity index (χ0n) is 22.4. The Morgan fingerprint density at radius 2 is 1.78 bits per heavy atom. The zero-order chi connectivity index (χ0) is 27.3. The first-order valence-electron chi connectivity index (χ1n) is 12.5. The molecule has 0 bridgehead atoms. The minimum Gasteiger partial charge on any atom is -0.481 e. The van der Waals surface area contributed by atoms with Gasteiger partial charge in [-0.25, -0.2) is 0 Å². The highest BCUT2D eigenvalue weighted by Gasteiger charge is 2.27. The summed E-state index contributed by atoms with van der Waals surface area (Å²) in [5.74, 6) is -1.21. The Labute approximate surface area is 222 Å². The first-order chi connectivity index (χ1) is 17.5. The lowest BCUT2D eigenvalue weighted by atomic mass is 9.98. The van der Waals surface area contributed by atoms with Crippen molar-refractivity contribution in [3.05, 3.63) is 80.6 Å². The number of hydrogen-bond acceptors (Lipinski definition) is 5. The number of carbonyl (C=O) groups is 2. The van der Waals surface area contributed by atoms with Crippen LogP contribution in [0, 0.1) is 19.8 Å². The molecule has 0 aliphatic rings. The lowest BCUT2D eigenvalue weighted by molar-refractivity contribution is -0.138. The predicted octanol–water partition coefficient (Wildman–Crippen LogP) is 5.17. The van der Waals surface area contributed by atoms with Crippen LogP contribution in [0.1, 0.15) is 61.0 Å². The van der Waals surface area contributed by atoms with E-state index in [0.717, 1.165) is 32.7 Å². The van der Waals surface area contributed by atoms with Gasteiger partial charge in [0.05, 0.1) is 12.5 Å². The monoisotopic (exact) mass is 523 g/mol. The zero-order valence-corrected chi connectivity index (χ0v) is 23.3. The van der Waals surface area contributed by atoms with Crippen LogP contribution < -0.4 is 10.9 Å². The van der Waals surface area contributed by atoms with Gasteiger partial charge in [0.1, 0.15) is 6.04 Å². The van der Waals surface area contributed by atoms with Gasteiger partial charge in [0, 0.05) is 23.7 Å². The van der Waals surface area contributed by atoms with Crippen LogP contribution in [0.15, 0.2) is 52.8 Å². The number of aliphatic carboxylic acids is 1. The maximum Gasteiger partial charge on any atom is 0.305 e. The van der Waals surface area contributed by atoms with Gasteiger partial charge in [0.2, 0.25) is 5.91 Å². The number of nitrogens with one attached hydrogen (secondary N) is 1. The smallest absolute Gasteiger partial charge is 0.305 e. The first-order valence-corrected chi connectivity index (χ1v) is 13.4. The Morgan fingerprint density at radius 3 is 2.38 bits per heavy atom. The molecule has 0 saturated carbocycles. The van der Waals surface area contributed by atoms with Crippen LogP contribution in [0.4, 0.5) is 0 Å². The van der Waals surface area contributed by atoms with Crippen molar-refractivity contribution in [3.63, 3.8) is 0 Å². The summed E-state index contributed by atoms with van der Waals surface area (Å²) in [7, 11) is 3.88. The molecular formula is C29H37N3O4S. The molecule has 2 aromatic heterocycles. The molecule has 3 rings (SSSR count). The van der Waals surface area contributed by atoms with Gasteiger partial charge in [-0.3, -0.25) is 14.4 Å². The summed E-state index contributed by atoms with van der Waals surface area (Å²) in [4.78, 5) is 41.2. The minimum absolute atomic E-state index is 0.148. The van der Waals surface area contributed by atoms with E-state index < -0.39 is 18.1 Å². The fourth-order valence-corrected chi connectivity index (χ4v) is 5.75. The van der Waals surface area contributed by atoms with Gasteiger partial charge < -0.3 is 19.9 Å². The van der Waals surface area contributed by atoms with E-state index in [1.54, 1.807) is 12.3 Å². The van der Waals surface area contributed by atoms with Crippen LogP contribution in [0.2, 0.25) is 0 Å². The van der Waals surface area contributed by atoms with E-state index in [2.05, 4.69) is 31.3 Å². The normalized spacial score (nSPS) is 13.1. The number of nitrogens with zero attached hydrogens (tertiary/aromatic N) is 2. The van der Waals surface area contributed by atoms with E-state index in [4.69, 9.17) is 0 Å². The van der Waals surface area contributed by atoms with E-state index >= 15 is 0 Å². The summed E-state index contributed by atoms with van der Waals surface area (Å²) in [6, 6.07) is 9.89. The number of aryl methyl sites for hydroxylation is 2. The molecule has 0 radical (unpaired) electrons. The van der Waals surface area contributed by atoms with E-state index in [1.165, 1.54) is 22.0 Å². The van der Waals surface area contributed by atoms with Gasteiger partial charge in [-0.05, 0) is 79.5 Å². The molecule has 2 N–H and O–H groups in total. The number of pyridine rings is 1. The van der Waals surface area contributed by atoms with E-state index in [-0.39, 0.29) is 23.8 Å². The number of carboxylic acid groups (broad SMARTS) is 1. The second-order valence-corrected chi connectivity index (χ2v) is 11.2. The van der Waals surface area contributed by atoms with Crippen molar-refractivity contribution in [1.82, 2.24) is 14.8 Å². The first kappa shape index (κ1) is 28.3. The molecule has 2 unspecified atom stereocenters. The number of carbonyl (C=O) groups excluding carboxylic acids is 1. The highest BCUT2D eigenvalue weighted by Crippen LogP contribution is 2.35. The summed E-state index contributed by atoms with van der Waals surface area (Å²) >= 11 is 1.53. The predicted molar refractivity (Wildman–Crippen MR) is 149 cm³/mol. The van der Waals surface area contributed by atoms with E-state index in [1.807, 2.05) is 50.4 Å². The Balaban J connectivity index is 1.95. The average molecular weight is 524 g/mol. The topological polar surface area (TPSA) is 91.6 Å². The number of aromatic nitrogens is 1. The summed E-state index contributed by atoms with van der Waals surface area (Å²) in [6.45, 7) is 8.74. The van der Waals surface area contributed by atoms with Crippen LogP contribution in [-0.2, 0) is 16.1 Å². The summed E-state index contributed by atoms with van der Waals surface area (Å²) in [5, 5.41) is 14.5. The molecule has 1 amide bonds. The molecule has 3 aromatic rings. The summed E-state index contributed by atoms with van der Waals surface area (Å²) < 4.78 is 1.49. The fourth-order valence-electron chi connectivity index (χ4n) is 4.61. The summed E-state index contributed by atoms with van der Waals surface area (Å²) in [6.07, 6.45) is 1.94. The molecule has 37 heavy (non-hydrogen) atoms. The molecule has 7 nitrogen and oxygen atoms in total. The number of rotatable bonds is 11. The minimum atomic E-state index is -1.00. The van der Waals surface area contributed by atoms with Gasteiger partial charge in [-0.15, -0.1) is 11.3 Å². The Hall–Kier alpha value is -3.23. The van der Waals surface area contributed by atoms with Crippen LogP contribution in [0.5, 0.6) is 0 Å². The van der Waals surface area contributed by atoms with Crippen molar-refractivity contribution in [2.24, 2.45) is 5.92 Å². The molecule has 0 saturated heterocycles.